The highest BCUT2D eigenvalue weighted by Gasteiger charge is 2.19. The summed E-state index contributed by atoms with van der Waals surface area (Å²) in [5, 5.41) is 0.554. The molecule has 0 amide bonds. The molecule has 0 fully saturated rings. The molecule has 0 aliphatic carbocycles. The number of hydrogen-bond acceptors (Lipinski definition) is 2. The van der Waals surface area contributed by atoms with Gasteiger partial charge in [-0.25, -0.2) is 0 Å². The van der Waals surface area contributed by atoms with E-state index in [0.717, 1.165) is 19.7 Å². The van der Waals surface area contributed by atoms with Crippen LogP contribution >= 0.6 is 35.6 Å². The molecule has 1 rings (SSSR count). The summed E-state index contributed by atoms with van der Waals surface area (Å²) in [4.78, 5) is 0. The summed E-state index contributed by atoms with van der Waals surface area (Å²) in [5.74, 6) is 0. The van der Waals surface area contributed by atoms with E-state index in [1.54, 1.807) is 0 Å². The Labute approximate surface area is 101 Å². The Kier molecular flexibility index (Phi) is 5.82. The summed E-state index contributed by atoms with van der Waals surface area (Å²) in [5.41, 5.74) is 1.50. The SMILES string of the molecule is CC1=CCB(CCOI)CC(S)C1. The summed E-state index contributed by atoms with van der Waals surface area (Å²) in [6, 6.07) is 0. The van der Waals surface area contributed by atoms with E-state index in [2.05, 4.69) is 25.6 Å². The first-order valence-corrected chi connectivity index (χ1v) is 6.19. The molecule has 0 saturated carbocycles. The molecule has 13 heavy (non-hydrogen) atoms. The van der Waals surface area contributed by atoms with Crippen molar-refractivity contribution in [2.45, 2.75) is 37.6 Å². The monoisotopic (exact) mass is 310 g/mol. The lowest BCUT2D eigenvalue weighted by molar-refractivity contribution is 0.455. The molecule has 1 heterocycles. The average Bonchev–Trinajstić information content (AvgIpc) is 2.23. The lowest BCUT2D eigenvalue weighted by atomic mass is 9.43. The largest absolute Gasteiger partial charge is 0.317 e. The summed E-state index contributed by atoms with van der Waals surface area (Å²) < 4.78 is 5.07. The molecule has 0 spiro atoms. The molecule has 0 aromatic carbocycles. The van der Waals surface area contributed by atoms with E-state index >= 15 is 0 Å². The number of rotatable bonds is 3. The zero-order chi connectivity index (χ0) is 9.68. The first-order valence-electron chi connectivity index (χ1n) is 4.79. The van der Waals surface area contributed by atoms with E-state index in [4.69, 9.17) is 3.07 Å². The Morgan fingerprint density at radius 1 is 1.77 bits per heavy atom. The lowest BCUT2D eigenvalue weighted by Gasteiger charge is -2.12. The van der Waals surface area contributed by atoms with Gasteiger partial charge in [-0.15, -0.1) is 0 Å². The molecule has 0 saturated heterocycles. The quantitative estimate of drug-likeness (QED) is 0.363. The minimum atomic E-state index is 0.554. The first kappa shape index (κ1) is 11.9. The molecule has 1 nitrogen and oxygen atoms in total. The smallest absolute Gasteiger partial charge is 0.147 e. The van der Waals surface area contributed by atoms with Crippen LogP contribution in [0.4, 0.5) is 0 Å². The highest BCUT2D eigenvalue weighted by molar-refractivity contribution is 14.1. The van der Waals surface area contributed by atoms with Gasteiger partial charge in [-0.3, -0.25) is 0 Å². The van der Waals surface area contributed by atoms with Crippen molar-refractivity contribution in [1.82, 2.24) is 0 Å². The lowest BCUT2D eigenvalue weighted by Crippen LogP contribution is -2.16. The maximum Gasteiger partial charge on any atom is 0.147 e. The zero-order valence-electron chi connectivity index (χ0n) is 8.00. The molecule has 1 aliphatic heterocycles. The fraction of sp³-hybridized carbons (Fsp3) is 0.778. The van der Waals surface area contributed by atoms with Crippen LogP contribution < -0.4 is 0 Å². The van der Waals surface area contributed by atoms with Gasteiger partial charge in [0.1, 0.15) is 29.7 Å². The van der Waals surface area contributed by atoms with Crippen LogP contribution in [0.3, 0.4) is 0 Å². The Bertz CT molecular complexity index is 186. The van der Waals surface area contributed by atoms with E-state index in [0.29, 0.717) is 5.25 Å². The fourth-order valence-electron chi connectivity index (χ4n) is 1.83. The van der Waals surface area contributed by atoms with Crippen molar-refractivity contribution >= 4 is 42.3 Å². The van der Waals surface area contributed by atoms with Gasteiger partial charge in [0, 0.05) is 0 Å². The van der Waals surface area contributed by atoms with Crippen LogP contribution in [0.1, 0.15) is 13.3 Å². The van der Waals surface area contributed by atoms with Gasteiger partial charge in [-0.1, -0.05) is 24.3 Å². The number of thiol groups is 1. The van der Waals surface area contributed by atoms with Crippen LogP contribution in [0.5, 0.6) is 0 Å². The van der Waals surface area contributed by atoms with Gasteiger partial charge in [0.2, 0.25) is 0 Å². The average molecular weight is 310 g/mol. The molecule has 0 bridgehead atoms. The normalized spacial score (nSPS) is 24.1. The van der Waals surface area contributed by atoms with Crippen molar-refractivity contribution in [3.63, 3.8) is 0 Å². The van der Waals surface area contributed by atoms with Gasteiger partial charge in [0.05, 0.1) is 6.61 Å². The number of halogens is 1. The Morgan fingerprint density at radius 3 is 3.23 bits per heavy atom. The van der Waals surface area contributed by atoms with Gasteiger partial charge in [0.25, 0.3) is 0 Å². The first-order chi connectivity index (χ1) is 6.22. The molecule has 0 N–H and O–H groups in total. The van der Waals surface area contributed by atoms with Crippen molar-refractivity contribution in [2.24, 2.45) is 0 Å². The van der Waals surface area contributed by atoms with Crippen LogP contribution in [0.25, 0.3) is 0 Å². The minimum absolute atomic E-state index is 0.554. The second-order valence-electron chi connectivity index (χ2n) is 3.85. The molecule has 74 valence electrons. The van der Waals surface area contributed by atoms with E-state index in [1.807, 2.05) is 23.0 Å². The maximum atomic E-state index is 5.07. The summed E-state index contributed by atoms with van der Waals surface area (Å²) in [6.45, 7) is 3.86. The van der Waals surface area contributed by atoms with Crippen LogP contribution in [0, 0.1) is 0 Å². The third kappa shape index (κ3) is 4.74. The Balaban J connectivity index is 2.38. The zero-order valence-corrected chi connectivity index (χ0v) is 11.1. The molecule has 1 unspecified atom stereocenters. The highest BCUT2D eigenvalue weighted by atomic mass is 127. The van der Waals surface area contributed by atoms with Crippen molar-refractivity contribution in [3.8, 4) is 0 Å². The molecular formula is C9H16BIOS. The maximum absolute atomic E-state index is 5.07. The van der Waals surface area contributed by atoms with Crippen LogP contribution in [-0.4, -0.2) is 18.6 Å². The highest BCUT2D eigenvalue weighted by Crippen LogP contribution is 2.24. The second-order valence-corrected chi connectivity index (χ2v) is 5.20. The van der Waals surface area contributed by atoms with Gasteiger partial charge in [-0.2, -0.15) is 12.6 Å². The van der Waals surface area contributed by atoms with E-state index in [1.165, 1.54) is 24.5 Å². The summed E-state index contributed by atoms with van der Waals surface area (Å²) in [7, 11) is 0. The van der Waals surface area contributed by atoms with Crippen LogP contribution in [0.15, 0.2) is 11.6 Å². The van der Waals surface area contributed by atoms with Gasteiger partial charge in [-0.05, 0) is 24.9 Å². The van der Waals surface area contributed by atoms with Crippen molar-refractivity contribution in [3.05, 3.63) is 11.6 Å². The van der Waals surface area contributed by atoms with Crippen molar-refractivity contribution in [1.29, 1.82) is 0 Å². The van der Waals surface area contributed by atoms with E-state index in [9.17, 15) is 0 Å². The minimum Gasteiger partial charge on any atom is -0.317 e. The fourth-order valence-corrected chi connectivity index (χ4v) is 2.67. The third-order valence-corrected chi connectivity index (χ3v) is 3.40. The predicted octanol–water partition coefficient (Wildman–Crippen LogP) is 3.50. The number of allylic oxidation sites excluding steroid dienone is 2. The Morgan fingerprint density at radius 2 is 2.54 bits per heavy atom. The molecule has 4 heteroatoms. The van der Waals surface area contributed by atoms with Crippen molar-refractivity contribution < 1.29 is 3.07 Å². The third-order valence-electron chi connectivity index (χ3n) is 2.57. The van der Waals surface area contributed by atoms with Gasteiger partial charge < -0.3 is 3.07 Å². The molecule has 0 aromatic heterocycles. The predicted molar refractivity (Wildman–Crippen MR) is 71.3 cm³/mol. The Hall–Kier alpha value is 0.845. The molecule has 1 atom stereocenters. The van der Waals surface area contributed by atoms with Gasteiger partial charge in [0.15, 0.2) is 0 Å². The molecule has 0 radical (unpaired) electrons. The molecule has 0 aromatic rings. The van der Waals surface area contributed by atoms with Crippen LogP contribution in [0.2, 0.25) is 19.0 Å². The topological polar surface area (TPSA) is 9.23 Å². The van der Waals surface area contributed by atoms with E-state index < -0.39 is 0 Å². The standard InChI is InChI=1S/C9H16BIOS/c1-8-2-3-10(4-5-12-11)7-9(13)6-8/h2,9,13H,3-7H2,1H3. The van der Waals surface area contributed by atoms with E-state index in [-0.39, 0.29) is 0 Å². The van der Waals surface area contributed by atoms with Crippen LogP contribution in [-0.2, 0) is 3.07 Å². The van der Waals surface area contributed by atoms with Crippen molar-refractivity contribution in [2.75, 3.05) is 6.61 Å². The molecular weight excluding hydrogens is 294 g/mol. The second kappa shape index (κ2) is 6.35. The van der Waals surface area contributed by atoms with Gasteiger partial charge >= 0.3 is 0 Å². The summed E-state index contributed by atoms with van der Waals surface area (Å²) in [6.07, 6.45) is 7.14. The molecule has 1 aliphatic rings. The number of hydrogen-bond donors (Lipinski definition) is 1. The summed E-state index contributed by atoms with van der Waals surface area (Å²) >= 11 is 6.56.